The number of aliphatic hydroxyl groups is 3. The van der Waals surface area contributed by atoms with E-state index < -0.39 is 17.8 Å². The van der Waals surface area contributed by atoms with Gasteiger partial charge in [0.15, 0.2) is 0 Å². The van der Waals surface area contributed by atoms with E-state index in [0.717, 1.165) is 25.7 Å². The van der Waals surface area contributed by atoms with Crippen molar-refractivity contribution in [2.24, 2.45) is 52.3 Å². The van der Waals surface area contributed by atoms with Gasteiger partial charge in [0.25, 0.3) is 0 Å². The summed E-state index contributed by atoms with van der Waals surface area (Å²) in [6.45, 7) is 11.1. The Morgan fingerprint density at radius 3 is 2.31 bits per heavy atom. The molecule has 4 aliphatic rings. The van der Waals surface area contributed by atoms with Crippen LogP contribution >= 0.6 is 0 Å². The summed E-state index contributed by atoms with van der Waals surface area (Å²) in [7, 11) is 0. The number of hydrogen-bond donors (Lipinski definition) is 3. The maximum atomic E-state index is 10.9. The summed E-state index contributed by atoms with van der Waals surface area (Å²) in [6, 6.07) is 2.69. The third-order valence-electron chi connectivity index (χ3n) is 11.2. The van der Waals surface area contributed by atoms with Crippen molar-refractivity contribution in [3.63, 3.8) is 0 Å². The van der Waals surface area contributed by atoms with E-state index in [1.54, 1.807) is 0 Å². The van der Waals surface area contributed by atoms with Crippen molar-refractivity contribution in [1.29, 1.82) is 5.26 Å². The normalized spacial score (nSPS) is 49.5. The number of fused-ring (bicyclic) bond motifs is 5. The van der Waals surface area contributed by atoms with Crippen molar-refractivity contribution in [1.82, 2.24) is 0 Å². The molecule has 4 nitrogen and oxygen atoms in total. The molecule has 3 N–H and O–H groups in total. The molecule has 0 spiro atoms. The Morgan fingerprint density at radius 1 is 1.00 bits per heavy atom. The molecule has 0 aromatic heterocycles. The molecule has 11 atom stereocenters. The third-order valence-corrected chi connectivity index (χ3v) is 11.2. The second-order valence-electron chi connectivity index (χ2n) is 13.4. The predicted octanol–water partition coefficient (Wildman–Crippen LogP) is 5.30. The Kier molecular flexibility index (Phi) is 6.54. The molecule has 182 valence electrons. The Morgan fingerprint density at radius 2 is 1.66 bits per heavy atom. The van der Waals surface area contributed by atoms with E-state index in [1.165, 1.54) is 32.1 Å². The van der Waals surface area contributed by atoms with Gasteiger partial charge in [-0.3, -0.25) is 0 Å². The Labute approximate surface area is 195 Å². The zero-order chi connectivity index (χ0) is 23.5. The molecule has 32 heavy (non-hydrogen) atoms. The second-order valence-corrected chi connectivity index (χ2v) is 13.4. The van der Waals surface area contributed by atoms with Crippen LogP contribution in [0.3, 0.4) is 0 Å². The molecule has 1 unspecified atom stereocenters. The molecule has 0 radical (unpaired) electrons. The third kappa shape index (κ3) is 3.95. The number of hydrogen-bond acceptors (Lipinski definition) is 4. The van der Waals surface area contributed by atoms with E-state index in [4.69, 9.17) is 0 Å². The van der Waals surface area contributed by atoms with Crippen LogP contribution in [-0.4, -0.2) is 33.1 Å². The van der Waals surface area contributed by atoms with E-state index in [1.807, 2.05) is 13.8 Å². The monoisotopic (exact) mass is 445 g/mol. The van der Waals surface area contributed by atoms with Gasteiger partial charge in [0.05, 0.1) is 29.8 Å². The van der Waals surface area contributed by atoms with Crippen LogP contribution in [0, 0.1) is 63.6 Å². The minimum absolute atomic E-state index is 0.00638. The van der Waals surface area contributed by atoms with Gasteiger partial charge in [-0.1, -0.05) is 33.6 Å². The van der Waals surface area contributed by atoms with Crippen LogP contribution in [0.4, 0.5) is 0 Å². The fraction of sp³-hybridized carbons (Fsp3) is 0.964. The van der Waals surface area contributed by atoms with Crippen molar-refractivity contribution in [2.75, 3.05) is 0 Å². The van der Waals surface area contributed by atoms with Crippen LogP contribution in [0.1, 0.15) is 98.8 Å². The van der Waals surface area contributed by atoms with Gasteiger partial charge < -0.3 is 15.3 Å². The SMILES string of the molecule is C[C@H](CCCC(C)(C)O)[C@H]1CC[C@H]2[C@@H]3C(C#N)C[C@H]4[C@@H](O)[C@@H](O)CC[C@]4(C)[C@H]3CC[C@]12C. The lowest BCUT2D eigenvalue weighted by Crippen LogP contribution is -2.60. The van der Waals surface area contributed by atoms with Crippen molar-refractivity contribution in [2.45, 2.75) is 117 Å². The summed E-state index contributed by atoms with van der Waals surface area (Å²) in [5.41, 5.74) is -0.221. The smallest absolute Gasteiger partial charge is 0.0832 e. The van der Waals surface area contributed by atoms with Gasteiger partial charge in [-0.2, -0.15) is 5.26 Å². The summed E-state index contributed by atoms with van der Waals surface area (Å²) < 4.78 is 0. The molecule has 4 rings (SSSR count). The largest absolute Gasteiger partial charge is 0.390 e. The molecule has 0 aromatic rings. The molecule has 0 aliphatic heterocycles. The summed E-state index contributed by atoms with van der Waals surface area (Å²) >= 11 is 0. The summed E-state index contributed by atoms with van der Waals surface area (Å²) in [4.78, 5) is 0. The first kappa shape index (κ1) is 24.5. The molecular weight excluding hydrogens is 398 g/mol. The van der Waals surface area contributed by atoms with Gasteiger partial charge >= 0.3 is 0 Å². The van der Waals surface area contributed by atoms with Crippen LogP contribution < -0.4 is 0 Å². The molecule has 0 saturated heterocycles. The quantitative estimate of drug-likeness (QED) is 0.536. The molecule has 4 aliphatic carbocycles. The molecule has 0 amide bonds. The molecule has 4 saturated carbocycles. The molecule has 0 bridgehead atoms. The van der Waals surface area contributed by atoms with Crippen LogP contribution in [0.15, 0.2) is 0 Å². The Bertz CT molecular complexity index is 725. The van der Waals surface area contributed by atoms with E-state index >= 15 is 0 Å². The first-order valence-electron chi connectivity index (χ1n) is 13.4. The molecule has 0 heterocycles. The summed E-state index contributed by atoms with van der Waals surface area (Å²) in [5.74, 6) is 2.97. The number of nitriles is 1. The van der Waals surface area contributed by atoms with Crippen molar-refractivity contribution in [3.05, 3.63) is 0 Å². The first-order chi connectivity index (χ1) is 14.9. The zero-order valence-corrected chi connectivity index (χ0v) is 21.1. The van der Waals surface area contributed by atoms with E-state index in [-0.39, 0.29) is 17.3 Å². The Hall–Kier alpha value is -0.630. The van der Waals surface area contributed by atoms with Gasteiger partial charge in [-0.05, 0) is 112 Å². The van der Waals surface area contributed by atoms with Crippen LogP contribution in [0.5, 0.6) is 0 Å². The first-order valence-corrected chi connectivity index (χ1v) is 13.4. The zero-order valence-electron chi connectivity index (χ0n) is 21.1. The average Bonchev–Trinajstić information content (AvgIpc) is 3.07. The summed E-state index contributed by atoms with van der Waals surface area (Å²) in [5, 5.41) is 41.5. The fourth-order valence-electron chi connectivity index (χ4n) is 9.47. The predicted molar refractivity (Wildman–Crippen MR) is 126 cm³/mol. The fourth-order valence-corrected chi connectivity index (χ4v) is 9.47. The maximum absolute atomic E-state index is 10.9. The lowest BCUT2D eigenvalue weighted by atomic mass is 9.42. The van der Waals surface area contributed by atoms with E-state index in [0.29, 0.717) is 41.4 Å². The van der Waals surface area contributed by atoms with Crippen molar-refractivity contribution < 1.29 is 15.3 Å². The number of rotatable bonds is 5. The topological polar surface area (TPSA) is 84.5 Å². The second kappa shape index (κ2) is 8.54. The highest BCUT2D eigenvalue weighted by molar-refractivity contribution is 5.15. The summed E-state index contributed by atoms with van der Waals surface area (Å²) in [6.07, 6.45) is 9.15. The number of aliphatic hydroxyl groups excluding tert-OH is 2. The minimum atomic E-state index is -0.675. The van der Waals surface area contributed by atoms with Gasteiger partial charge in [-0.25, -0.2) is 0 Å². The highest BCUT2D eigenvalue weighted by Gasteiger charge is 2.64. The van der Waals surface area contributed by atoms with Gasteiger partial charge in [0.2, 0.25) is 0 Å². The van der Waals surface area contributed by atoms with Gasteiger partial charge in [0, 0.05) is 0 Å². The van der Waals surface area contributed by atoms with Crippen LogP contribution in [0.2, 0.25) is 0 Å². The highest BCUT2D eigenvalue weighted by atomic mass is 16.3. The maximum Gasteiger partial charge on any atom is 0.0832 e. The molecular formula is C28H47NO3. The highest BCUT2D eigenvalue weighted by Crippen LogP contribution is 2.69. The van der Waals surface area contributed by atoms with E-state index in [2.05, 4.69) is 26.8 Å². The standard InChI is InChI=1S/C28H47NO3/c1-17(7-6-12-26(2,3)32)19-8-9-20-24-18(16-29)15-22-25(31)23(30)11-14-28(22,5)21(24)10-13-27(19,20)4/h17-25,30-32H,6-15H2,1-5H3/t17-,18?,19-,20+,21+,22+,23+,24+,25-,27-,28-/m1/s1. The van der Waals surface area contributed by atoms with Gasteiger partial charge in [0.1, 0.15) is 0 Å². The Balaban J connectivity index is 1.54. The van der Waals surface area contributed by atoms with E-state index in [9.17, 15) is 20.6 Å². The van der Waals surface area contributed by atoms with Crippen molar-refractivity contribution >= 4 is 0 Å². The average molecular weight is 446 g/mol. The number of nitrogens with zero attached hydrogens (tertiary/aromatic N) is 1. The van der Waals surface area contributed by atoms with Gasteiger partial charge in [-0.15, -0.1) is 0 Å². The van der Waals surface area contributed by atoms with Crippen LogP contribution in [-0.2, 0) is 0 Å². The van der Waals surface area contributed by atoms with Crippen LogP contribution in [0.25, 0.3) is 0 Å². The lowest BCUT2D eigenvalue weighted by molar-refractivity contribution is -0.185. The van der Waals surface area contributed by atoms with Crippen molar-refractivity contribution in [3.8, 4) is 6.07 Å². The minimum Gasteiger partial charge on any atom is -0.390 e. The molecule has 4 fully saturated rings. The molecule has 4 heteroatoms. The molecule has 0 aromatic carbocycles. The lowest BCUT2D eigenvalue weighted by Gasteiger charge is -2.63.